The van der Waals surface area contributed by atoms with Crippen molar-refractivity contribution < 1.29 is 13.2 Å². The number of hydrogen-bond donors (Lipinski definition) is 0. The predicted molar refractivity (Wildman–Crippen MR) is 47.7 cm³/mol. The van der Waals surface area contributed by atoms with Crippen molar-refractivity contribution in [1.82, 2.24) is 0 Å². The third-order valence-electron chi connectivity index (χ3n) is 1.29. The molecule has 0 unspecified atom stereocenters. The lowest BCUT2D eigenvalue weighted by molar-refractivity contribution is -0.0852. The van der Waals surface area contributed by atoms with Crippen molar-refractivity contribution in [2.45, 2.75) is 26.4 Å². The molecule has 0 fully saturated rings. The van der Waals surface area contributed by atoms with Crippen molar-refractivity contribution in [2.75, 3.05) is 0 Å². The molecule has 0 saturated carbocycles. The number of rotatable bonds is 3. The highest BCUT2D eigenvalue weighted by Crippen LogP contribution is 2.22. The van der Waals surface area contributed by atoms with E-state index in [0.29, 0.717) is 5.70 Å². The Kier molecular flexibility index (Phi) is 4.45. The van der Waals surface area contributed by atoms with Crippen LogP contribution in [-0.2, 0) is 0 Å². The lowest BCUT2D eigenvalue weighted by atomic mass is 10.3. The highest BCUT2D eigenvalue weighted by Gasteiger charge is 2.30. The summed E-state index contributed by atoms with van der Waals surface area (Å²) >= 11 is 0. The molecule has 0 heterocycles. The summed E-state index contributed by atoms with van der Waals surface area (Å²) in [5.41, 5.74) is -0.371. The van der Waals surface area contributed by atoms with Crippen molar-refractivity contribution in [1.29, 1.82) is 0 Å². The first-order chi connectivity index (χ1) is 5.88. The quantitative estimate of drug-likeness (QED) is 0.605. The molecular formula is C9H12F3N. The van der Waals surface area contributed by atoms with E-state index in [1.165, 1.54) is 0 Å². The van der Waals surface area contributed by atoms with Gasteiger partial charge >= 0.3 is 6.18 Å². The molecule has 0 aromatic carbocycles. The second kappa shape index (κ2) is 4.84. The summed E-state index contributed by atoms with van der Waals surface area (Å²) in [5.74, 6) is 0. The maximum atomic E-state index is 11.9. The highest BCUT2D eigenvalue weighted by atomic mass is 19.4. The van der Waals surface area contributed by atoms with Gasteiger partial charge in [0.1, 0.15) is 0 Å². The van der Waals surface area contributed by atoms with E-state index in [0.717, 1.165) is 12.6 Å². The molecular weight excluding hydrogens is 179 g/mol. The minimum absolute atomic E-state index is 0.563. The molecule has 4 heteroatoms. The lowest BCUT2D eigenvalue weighted by Crippen LogP contribution is -2.11. The third-order valence-corrected chi connectivity index (χ3v) is 1.29. The average Bonchev–Trinajstić information content (AvgIpc) is 1.99. The van der Waals surface area contributed by atoms with Gasteiger partial charge in [-0.05, 0) is 13.3 Å². The number of aliphatic imine (C=N–C) groups is 1. The molecule has 0 bridgehead atoms. The Hall–Kier alpha value is -1.06. The molecule has 0 aromatic rings. The fourth-order valence-corrected chi connectivity index (χ4v) is 0.601. The monoisotopic (exact) mass is 191 g/mol. The molecule has 0 radical (unpaired) electrons. The van der Waals surface area contributed by atoms with Crippen LogP contribution in [0.4, 0.5) is 13.2 Å². The Balaban J connectivity index is 4.30. The van der Waals surface area contributed by atoms with Gasteiger partial charge in [-0.25, -0.2) is 0 Å². The van der Waals surface area contributed by atoms with Crippen LogP contribution in [0.5, 0.6) is 0 Å². The number of hydrogen-bond acceptors (Lipinski definition) is 1. The lowest BCUT2D eigenvalue weighted by Gasteiger charge is -2.03. The van der Waals surface area contributed by atoms with Gasteiger partial charge in [-0.15, -0.1) is 0 Å². The Morgan fingerprint density at radius 2 is 2.00 bits per heavy atom. The molecule has 0 aliphatic rings. The van der Waals surface area contributed by atoms with Crippen LogP contribution >= 0.6 is 0 Å². The van der Waals surface area contributed by atoms with Gasteiger partial charge < -0.3 is 0 Å². The smallest absolute Gasteiger partial charge is 0.261 e. The Morgan fingerprint density at radius 1 is 1.46 bits per heavy atom. The Bertz CT molecular complexity index is 236. The van der Waals surface area contributed by atoms with Gasteiger partial charge in [-0.2, -0.15) is 13.2 Å². The summed E-state index contributed by atoms with van der Waals surface area (Å²) in [6.07, 6.45) is -1.15. The summed E-state index contributed by atoms with van der Waals surface area (Å²) in [6.45, 7) is 6.39. The molecule has 1 nitrogen and oxygen atoms in total. The normalized spacial score (nSPS) is 13.8. The van der Waals surface area contributed by atoms with E-state index in [1.54, 1.807) is 13.0 Å². The van der Waals surface area contributed by atoms with Crippen LogP contribution < -0.4 is 0 Å². The average molecular weight is 191 g/mol. The minimum Gasteiger partial charge on any atom is -0.261 e. The molecule has 0 amide bonds. The van der Waals surface area contributed by atoms with Crippen molar-refractivity contribution in [2.24, 2.45) is 4.99 Å². The van der Waals surface area contributed by atoms with Crippen molar-refractivity contribution >= 4 is 6.21 Å². The Labute approximate surface area is 75.7 Å². The van der Waals surface area contributed by atoms with Gasteiger partial charge in [0.25, 0.3) is 0 Å². The van der Waals surface area contributed by atoms with E-state index in [4.69, 9.17) is 0 Å². The van der Waals surface area contributed by atoms with Gasteiger partial charge in [0.15, 0.2) is 0 Å². The summed E-state index contributed by atoms with van der Waals surface area (Å²) in [4.78, 5) is 3.60. The first-order valence-electron chi connectivity index (χ1n) is 3.85. The molecule has 0 aliphatic carbocycles. The van der Waals surface area contributed by atoms with E-state index in [2.05, 4.69) is 11.6 Å². The zero-order valence-corrected chi connectivity index (χ0v) is 7.65. The van der Waals surface area contributed by atoms with E-state index in [9.17, 15) is 13.2 Å². The van der Waals surface area contributed by atoms with Gasteiger partial charge in [0.2, 0.25) is 0 Å². The molecule has 0 saturated heterocycles. The maximum absolute atomic E-state index is 11.9. The van der Waals surface area contributed by atoms with Crippen LogP contribution in [0.1, 0.15) is 20.3 Å². The second-order valence-corrected chi connectivity index (χ2v) is 2.53. The van der Waals surface area contributed by atoms with Crippen molar-refractivity contribution in [3.8, 4) is 0 Å². The largest absolute Gasteiger partial charge is 0.417 e. The zero-order chi connectivity index (χ0) is 10.5. The van der Waals surface area contributed by atoms with Crippen LogP contribution in [0.3, 0.4) is 0 Å². The number of nitrogens with zero attached hydrogens (tertiary/aromatic N) is 1. The standard InChI is InChI=1S/C9H12F3N/c1-4-5-8(3)13-6-7(2)9(10,11)12/h5-6H,2,4H2,1,3H3. The van der Waals surface area contributed by atoms with Crippen LogP contribution in [0.15, 0.2) is 28.9 Å². The van der Waals surface area contributed by atoms with Crippen LogP contribution in [0, 0.1) is 0 Å². The van der Waals surface area contributed by atoms with Gasteiger partial charge in [-0.1, -0.05) is 19.6 Å². The summed E-state index contributed by atoms with van der Waals surface area (Å²) in [6, 6.07) is 0. The SMILES string of the molecule is C=C(C=NC(C)=CCC)C(F)(F)F. The van der Waals surface area contributed by atoms with E-state index in [1.807, 2.05) is 6.92 Å². The molecule has 0 spiro atoms. The van der Waals surface area contributed by atoms with Gasteiger partial charge in [0, 0.05) is 11.9 Å². The number of alkyl halides is 3. The van der Waals surface area contributed by atoms with Gasteiger partial charge in [-0.3, -0.25) is 4.99 Å². The van der Waals surface area contributed by atoms with Crippen LogP contribution in [0.2, 0.25) is 0 Å². The van der Waals surface area contributed by atoms with Crippen molar-refractivity contribution in [3.63, 3.8) is 0 Å². The number of allylic oxidation sites excluding steroid dienone is 3. The Morgan fingerprint density at radius 3 is 2.38 bits per heavy atom. The van der Waals surface area contributed by atoms with Gasteiger partial charge in [0.05, 0.1) is 5.57 Å². The maximum Gasteiger partial charge on any atom is 0.417 e. The first kappa shape index (κ1) is 11.9. The fourth-order valence-electron chi connectivity index (χ4n) is 0.601. The van der Waals surface area contributed by atoms with E-state index < -0.39 is 11.7 Å². The van der Waals surface area contributed by atoms with E-state index >= 15 is 0 Å². The fraction of sp³-hybridized carbons (Fsp3) is 0.444. The van der Waals surface area contributed by atoms with E-state index in [-0.39, 0.29) is 0 Å². The molecule has 0 aromatic heterocycles. The molecule has 0 atom stereocenters. The molecule has 0 rings (SSSR count). The second-order valence-electron chi connectivity index (χ2n) is 2.53. The van der Waals surface area contributed by atoms with Crippen LogP contribution in [-0.4, -0.2) is 12.4 Å². The minimum atomic E-state index is -4.38. The predicted octanol–water partition coefficient (Wildman–Crippen LogP) is 3.49. The molecule has 0 aliphatic heterocycles. The number of halogens is 3. The summed E-state index contributed by atoms with van der Waals surface area (Å²) in [5, 5.41) is 0. The van der Waals surface area contributed by atoms with Crippen molar-refractivity contribution in [3.05, 3.63) is 23.9 Å². The molecule has 74 valence electrons. The topological polar surface area (TPSA) is 12.4 Å². The summed E-state index contributed by atoms with van der Waals surface area (Å²) in [7, 11) is 0. The molecule has 13 heavy (non-hydrogen) atoms. The van der Waals surface area contributed by atoms with Crippen LogP contribution in [0.25, 0.3) is 0 Å². The zero-order valence-electron chi connectivity index (χ0n) is 7.65. The summed E-state index contributed by atoms with van der Waals surface area (Å²) < 4.78 is 35.6. The third kappa shape index (κ3) is 5.22. The molecule has 0 N–H and O–H groups in total. The highest BCUT2D eigenvalue weighted by molar-refractivity contribution is 5.80. The first-order valence-corrected chi connectivity index (χ1v) is 3.85.